The minimum Gasteiger partial charge on any atom is -0.494 e. The van der Waals surface area contributed by atoms with E-state index in [0.29, 0.717) is 26.2 Å². The zero-order valence-corrected chi connectivity index (χ0v) is 16.7. The summed E-state index contributed by atoms with van der Waals surface area (Å²) in [6.07, 6.45) is 2.43. The van der Waals surface area contributed by atoms with Crippen LogP contribution >= 0.6 is 0 Å². The van der Waals surface area contributed by atoms with E-state index in [1.165, 1.54) is 5.56 Å². The summed E-state index contributed by atoms with van der Waals surface area (Å²) < 4.78 is 17.5. The fraction of sp³-hybridized carbons (Fsp3) is 0.435. The summed E-state index contributed by atoms with van der Waals surface area (Å²) in [5, 5.41) is 12.1. The van der Waals surface area contributed by atoms with Gasteiger partial charge in [-0.15, -0.1) is 0 Å². The molecule has 2 aromatic rings. The van der Waals surface area contributed by atoms with Crippen molar-refractivity contribution in [2.75, 3.05) is 13.2 Å². The van der Waals surface area contributed by atoms with Crippen molar-refractivity contribution in [3.05, 3.63) is 53.1 Å². The summed E-state index contributed by atoms with van der Waals surface area (Å²) >= 11 is 0. The topological polar surface area (TPSA) is 63.5 Å². The van der Waals surface area contributed by atoms with Crippen molar-refractivity contribution in [1.82, 2.24) is 5.32 Å². The number of benzene rings is 2. The zero-order valence-electron chi connectivity index (χ0n) is 16.7. The van der Waals surface area contributed by atoms with Crippen molar-refractivity contribution in [3.63, 3.8) is 0 Å². The number of hydrogen-bond acceptors (Lipinski definition) is 5. The molecule has 1 aliphatic heterocycles. The number of rotatable bonds is 10. The Kier molecular flexibility index (Phi) is 7.16. The van der Waals surface area contributed by atoms with E-state index < -0.39 is 0 Å². The molecule has 1 heterocycles. The van der Waals surface area contributed by atoms with Crippen LogP contribution in [0.3, 0.4) is 0 Å². The second-order valence-corrected chi connectivity index (χ2v) is 6.99. The van der Waals surface area contributed by atoms with Crippen LogP contribution in [-0.4, -0.2) is 19.3 Å². The van der Waals surface area contributed by atoms with Gasteiger partial charge >= 0.3 is 0 Å². The highest BCUT2D eigenvalue weighted by molar-refractivity contribution is 5.48. The number of ether oxygens (including phenoxy) is 3. The highest BCUT2D eigenvalue weighted by atomic mass is 16.5. The molecule has 0 radical (unpaired) electrons. The summed E-state index contributed by atoms with van der Waals surface area (Å²) in [4.78, 5) is 0. The van der Waals surface area contributed by atoms with E-state index in [-0.39, 0.29) is 6.10 Å². The molecule has 3 rings (SSSR count). The molecule has 0 saturated carbocycles. The molecule has 1 atom stereocenters. The quantitative estimate of drug-likeness (QED) is 0.620. The van der Waals surface area contributed by atoms with Gasteiger partial charge in [0.15, 0.2) is 0 Å². The molecule has 0 bridgehead atoms. The SMILES string of the molecule is CCOc1cc2c(cc1CNCc1cccc(OCCCC#N)c1)OC(C)C2. The summed E-state index contributed by atoms with van der Waals surface area (Å²) in [6.45, 7) is 6.74. The Labute approximate surface area is 167 Å². The average Bonchev–Trinajstić information content (AvgIpc) is 3.05. The van der Waals surface area contributed by atoms with Gasteiger partial charge in [0.25, 0.3) is 0 Å². The fourth-order valence-corrected chi connectivity index (χ4v) is 3.34. The van der Waals surface area contributed by atoms with Gasteiger partial charge in [0.1, 0.15) is 23.4 Å². The first-order chi connectivity index (χ1) is 13.7. The molecule has 0 spiro atoms. The Morgan fingerprint density at radius 3 is 2.93 bits per heavy atom. The highest BCUT2D eigenvalue weighted by Crippen LogP contribution is 2.35. The Morgan fingerprint density at radius 1 is 1.21 bits per heavy atom. The molecule has 1 aliphatic rings. The average molecular weight is 380 g/mol. The first-order valence-electron chi connectivity index (χ1n) is 9.94. The third kappa shape index (κ3) is 5.40. The molecule has 5 nitrogen and oxygen atoms in total. The van der Waals surface area contributed by atoms with Gasteiger partial charge in [-0.1, -0.05) is 12.1 Å². The summed E-state index contributed by atoms with van der Waals surface area (Å²) in [6, 6.07) is 14.4. The summed E-state index contributed by atoms with van der Waals surface area (Å²) in [7, 11) is 0. The third-order valence-corrected chi connectivity index (χ3v) is 4.62. The fourth-order valence-electron chi connectivity index (χ4n) is 3.34. The van der Waals surface area contributed by atoms with Gasteiger partial charge in [0, 0.05) is 37.1 Å². The molecule has 2 aromatic carbocycles. The van der Waals surface area contributed by atoms with E-state index in [2.05, 4.69) is 36.5 Å². The van der Waals surface area contributed by atoms with Gasteiger partial charge in [-0.25, -0.2) is 0 Å². The van der Waals surface area contributed by atoms with Crippen molar-refractivity contribution < 1.29 is 14.2 Å². The first kappa shape index (κ1) is 20.0. The van der Waals surface area contributed by atoms with Crippen LogP contribution in [0.1, 0.15) is 43.4 Å². The van der Waals surface area contributed by atoms with Gasteiger partial charge in [-0.3, -0.25) is 0 Å². The van der Waals surface area contributed by atoms with Gasteiger partial charge < -0.3 is 19.5 Å². The van der Waals surface area contributed by atoms with Crippen molar-refractivity contribution in [2.45, 2.75) is 52.3 Å². The molecule has 1 N–H and O–H groups in total. The molecule has 5 heteroatoms. The van der Waals surface area contributed by atoms with Gasteiger partial charge in [-0.2, -0.15) is 5.26 Å². The molecule has 0 aliphatic carbocycles. The minimum atomic E-state index is 0.226. The lowest BCUT2D eigenvalue weighted by atomic mass is 10.1. The van der Waals surface area contributed by atoms with E-state index in [0.717, 1.165) is 47.8 Å². The smallest absolute Gasteiger partial charge is 0.124 e. The number of hydrogen-bond donors (Lipinski definition) is 1. The monoisotopic (exact) mass is 380 g/mol. The second-order valence-electron chi connectivity index (χ2n) is 6.99. The van der Waals surface area contributed by atoms with Gasteiger partial charge in [0.05, 0.1) is 19.3 Å². The molecule has 148 valence electrons. The van der Waals surface area contributed by atoms with Crippen LogP contribution in [0.15, 0.2) is 36.4 Å². The Hall–Kier alpha value is -2.71. The molecular weight excluding hydrogens is 352 g/mol. The lowest BCUT2D eigenvalue weighted by Gasteiger charge is -2.14. The van der Waals surface area contributed by atoms with Crippen LogP contribution in [0.25, 0.3) is 0 Å². The van der Waals surface area contributed by atoms with E-state index in [9.17, 15) is 0 Å². The van der Waals surface area contributed by atoms with Crippen LogP contribution in [0, 0.1) is 11.3 Å². The van der Waals surface area contributed by atoms with Crippen LogP contribution in [0.5, 0.6) is 17.2 Å². The van der Waals surface area contributed by atoms with E-state index in [1.807, 2.05) is 25.1 Å². The molecule has 0 aromatic heterocycles. The maximum Gasteiger partial charge on any atom is 0.124 e. The van der Waals surface area contributed by atoms with Gasteiger partial charge in [0.2, 0.25) is 0 Å². The van der Waals surface area contributed by atoms with Crippen LogP contribution in [-0.2, 0) is 19.5 Å². The second kappa shape index (κ2) is 10.0. The number of nitrogens with zero attached hydrogens (tertiary/aromatic N) is 1. The van der Waals surface area contributed by atoms with Crippen molar-refractivity contribution in [3.8, 4) is 23.3 Å². The number of unbranched alkanes of at least 4 members (excludes halogenated alkanes) is 1. The van der Waals surface area contributed by atoms with Crippen LogP contribution in [0.2, 0.25) is 0 Å². The third-order valence-electron chi connectivity index (χ3n) is 4.62. The van der Waals surface area contributed by atoms with Gasteiger partial charge in [-0.05, 0) is 50.1 Å². The lowest BCUT2D eigenvalue weighted by molar-refractivity contribution is 0.254. The van der Waals surface area contributed by atoms with Crippen LogP contribution < -0.4 is 19.5 Å². The normalized spacial score (nSPS) is 14.8. The Morgan fingerprint density at radius 2 is 2.11 bits per heavy atom. The van der Waals surface area contributed by atoms with Crippen molar-refractivity contribution >= 4 is 0 Å². The minimum absolute atomic E-state index is 0.226. The largest absolute Gasteiger partial charge is 0.494 e. The molecule has 0 fully saturated rings. The lowest BCUT2D eigenvalue weighted by Crippen LogP contribution is -2.14. The van der Waals surface area contributed by atoms with Crippen molar-refractivity contribution in [1.29, 1.82) is 5.26 Å². The van der Waals surface area contributed by atoms with Crippen LogP contribution in [0.4, 0.5) is 0 Å². The van der Waals surface area contributed by atoms with Crippen molar-refractivity contribution in [2.24, 2.45) is 0 Å². The number of fused-ring (bicyclic) bond motifs is 1. The standard InChI is InChI=1S/C23H28N2O3/c1-3-26-22-13-19-11-17(2)28-23(19)14-20(22)16-25-15-18-7-6-8-21(12-18)27-10-5-4-9-24/h6-8,12-14,17,25H,3-5,10-11,15-16H2,1-2H3. The highest BCUT2D eigenvalue weighted by Gasteiger charge is 2.21. The molecule has 28 heavy (non-hydrogen) atoms. The molecule has 0 amide bonds. The summed E-state index contributed by atoms with van der Waals surface area (Å²) in [5.74, 6) is 2.74. The molecular formula is C23H28N2O3. The molecule has 0 saturated heterocycles. The van der Waals surface area contributed by atoms with E-state index in [4.69, 9.17) is 19.5 Å². The zero-order chi connectivity index (χ0) is 19.8. The predicted octanol–water partition coefficient (Wildman–Crippen LogP) is 4.38. The van der Waals surface area contributed by atoms with E-state index in [1.54, 1.807) is 0 Å². The maximum absolute atomic E-state index is 8.59. The number of nitriles is 1. The van der Waals surface area contributed by atoms with E-state index >= 15 is 0 Å². The Balaban J connectivity index is 1.58. The molecule has 1 unspecified atom stereocenters. The maximum atomic E-state index is 8.59. The predicted molar refractivity (Wildman–Crippen MR) is 109 cm³/mol. The first-order valence-corrected chi connectivity index (χ1v) is 9.94. The number of nitrogens with one attached hydrogen (secondary N) is 1. The summed E-state index contributed by atoms with van der Waals surface area (Å²) in [5.41, 5.74) is 3.49. The Bertz CT molecular complexity index is 829.